The Morgan fingerprint density at radius 2 is 1.86 bits per heavy atom. The molecule has 1 fully saturated rings. The van der Waals surface area contributed by atoms with Crippen LogP contribution >= 0.6 is 0 Å². The van der Waals surface area contributed by atoms with Crippen molar-refractivity contribution >= 4 is 23.7 Å². The van der Waals surface area contributed by atoms with Gasteiger partial charge in [-0.05, 0) is 30.3 Å². The highest BCUT2D eigenvalue weighted by Crippen LogP contribution is 2.42. The van der Waals surface area contributed by atoms with Crippen LogP contribution in [0.15, 0.2) is 36.1 Å². The van der Waals surface area contributed by atoms with Gasteiger partial charge in [0, 0.05) is 24.6 Å². The van der Waals surface area contributed by atoms with Gasteiger partial charge in [-0.2, -0.15) is 0 Å². The molecule has 4 rings (SSSR count). The lowest BCUT2D eigenvalue weighted by atomic mass is 10.1. The predicted molar refractivity (Wildman–Crippen MR) is 125 cm³/mol. The standard InChI is InChI=1S/C25H25NO10/c1-32-18-7-4-13(23(33-2)24(18)34-3)8-20-22(29)16-6-5-15(10-19(16)36-20)35-12-21(28)26-11-14(27)9-17(26)25(30)31/h4-8,10,14,17,27H,9,11-12H2,1-3H3,(H,30,31)/t14?,17-/m0/s1. The van der Waals surface area contributed by atoms with E-state index < -0.39 is 30.6 Å². The number of carboxylic acid groups (broad SMARTS) is 1. The van der Waals surface area contributed by atoms with E-state index in [-0.39, 0.29) is 36.0 Å². The third-order valence-corrected chi connectivity index (χ3v) is 5.91. The van der Waals surface area contributed by atoms with Crippen molar-refractivity contribution in [2.75, 3.05) is 34.5 Å². The highest BCUT2D eigenvalue weighted by atomic mass is 16.5. The fraction of sp³-hybridized carbons (Fsp3) is 0.320. The number of β-amino-alcohol motifs (C(OH)–C–C–N with tert-alkyl or cyclic N) is 1. The number of carboxylic acids is 1. The average Bonchev–Trinajstić information content (AvgIpc) is 3.41. The molecule has 2 aromatic rings. The second kappa shape index (κ2) is 10.2. The Bertz CT molecular complexity index is 1240. The minimum atomic E-state index is -1.19. The first-order chi connectivity index (χ1) is 17.3. The van der Waals surface area contributed by atoms with Gasteiger partial charge in [-0.15, -0.1) is 0 Å². The summed E-state index contributed by atoms with van der Waals surface area (Å²) in [6.07, 6.45) is 0.595. The maximum absolute atomic E-state index is 12.9. The molecule has 1 unspecified atom stereocenters. The molecule has 0 saturated carbocycles. The highest BCUT2D eigenvalue weighted by Gasteiger charge is 2.39. The van der Waals surface area contributed by atoms with E-state index in [1.54, 1.807) is 12.1 Å². The van der Waals surface area contributed by atoms with Gasteiger partial charge < -0.3 is 38.8 Å². The summed E-state index contributed by atoms with van der Waals surface area (Å²) >= 11 is 0. The number of benzene rings is 2. The predicted octanol–water partition coefficient (Wildman–Crippen LogP) is 1.75. The van der Waals surface area contributed by atoms with Gasteiger partial charge in [0.1, 0.15) is 17.5 Å². The molecule has 0 aliphatic carbocycles. The molecule has 2 heterocycles. The molecule has 0 radical (unpaired) electrons. The summed E-state index contributed by atoms with van der Waals surface area (Å²) in [7, 11) is 4.45. The van der Waals surface area contributed by atoms with Crippen molar-refractivity contribution in [3.05, 3.63) is 47.2 Å². The van der Waals surface area contributed by atoms with Crippen molar-refractivity contribution in [1.29, 1.82) is 0 Å². The Kier molecular flexibility index (Phi) is 7.02. The summed E-state index contributed by atoms with van der Waals surface area (Å²) < 4.78 is 27.4. The number of nitrogens with zero attached hydrogens (tertiary/aromatic N) is 1. The summed E-state index contributed by atoms with van der Waals surface area (Å²) in [6, 6.07) is 6.79. The Morgan fingerprint density at radius 3 is 2.53 bits per heavy atom. The lowest BCUT2D eigenvalue weighted by Gasteiger charge is -2.21. The topological polar surface area (TPSA) is 141 Å². The molecular formula is C25H25NO10. The van der Waals surface area contributed by atoms with E-state index >= 15 is 0 Å². The van der Waals surface area contributed by atoms with Crippen molar-refractivity contribution in [2.45, 2.75) is 18.6 Å². The van der Waals surface area contributed by atoms with Crippen LogP contribution in [0.5, 0.6) is 28.7 Å². The first kappa shape index (κ1) is 24.9. The third kappa shape index (κ3) is 4.65. The zero-order valence-electron chi connectivity index (χ0n) is 19.8. The molecule has 2 aliphatic rings. The van der Waals surface area contributed by atoms with E-state index in [2.05, 4.69) is 0 Å². The number of rotatable bonds is 8. The molecule has 1 saturated heterocycles. The summed E-state index contributed by atoms with van der Waals surface area (Å²) in [4.78, 5) is 37.8. The number of fused-ring (bicyclic) bond motifs is 1. The summed E-state index contributed by atoms with van der Waals surface area (Å²) in [5.41, 5.74) is 0.849. The molecule has 0 bridgehead atoms. The van der Waals surface area contributed by atoms with Crippen LogP contribution in [0.25, 0.3) is 6.08 Å². The molecular weight excluding hydrogens is 474 g/mol. The molecule has 1 amide bonds. The summed E-state index contributed by atoms with van der Waals surface area (Å²) in [6.45, 7) is -0.510. The molecule has 2 aromatic carbocycles. The van der Waals surface area contributed by atoms with Crippen LogP contribution in [-0.4, -0.2) is 79.4 Å². The largest absolute Gasteiger partial charge is 0.493 e. The second-order valence-corrected chi connectivity index (χ2v) is 8.10. The highest BCUT2D eigenvalue weighted by molar-refractivity contribution is 6.14. The Morgan fingerprint density at radius 1 is 1.11 bits per heavy atom. The number of ketones is 1. The van der Waals surface area contributed by atoms with Crippen LogP contribution in [0.3, 0.4) is 0 Å². The molecule has 2 atom stereocenters. The van der Waals surface area contributed by atoms with E-state index in [0.29, 0.717) is 28.4 Å². The van der Waals surface area contributed by atoms with Gasteiger partial charge >= 0.3 is 5.97 Å². The normalized spacial score (nSPS) is 19.6. The number of ether oxygens (including phenoxy) is 5. The van der Waals surface area contributed by atoms with Gasteiger partial charge in [-0.1, -0.05) is 0 Å². The molecule has 2 aliphatic heterocycles. The lowest BCUT2D eigenvalue weighted by Crippen LogP contribution is -2.42. The fourth-order valence-corrected chi connectivity index (χ4v) is 4.19. The van der Waals surface area contributed by atoms with Crippen LogP contribution in [0.2, 0.25) is 0 Å². The summed E-state index contributed by atoms with van der Waals surface area (Å²) in [5.74, 6) is -0.347. The van der Waals surface area contributed by atoms with E-state index in [0.717, 1.165) is 4.90 Å². The van der Waals surface area contributed by atoms with Crippen molar-refractivity contribution in [1.82, 2.24) is 4.90 Å². The van der Waals surface area contributed by atoms with Crippen molar-refractivity contribution in [3.63, 3.8) is 0 Å². The molecule has 190 valence electrons. The quantitative estimate of drug-likeness (QED) is 0.516. The van der Waals surface area contributed by atoms with Crippen LogP contribution in [0.1, 0.15) is 22.3 Å². The SMILES string of the molecule is COc1ccc(C=C2Oc3cc(OCC(=O)N4CC(O)C[C@H]4C(=O)O)ccc3C2=O)c(OC)c1OC. The smallest absolute Gasteiger partial charge is 0.326 e. The van der Waals surface area contributed by atoms with Gasteiger partial charge in [0.15, 0.2) is 23.9 Å². The van der Waals surface area contributed by atoms with Gasteiger partial charge in [-0.25, -0.2) is 4.79 Å². The zero-order chi connectivity index (χ0) is 26.0. The van der Waals surface area contributed by atoms with Crippen molar-refractivity contribution in [2.24, 2.45) is 0 Å². The number of hydrogen-bond donors (Lipinski definition) is 2. The molecule has 36 heavy (non-hydrogen) atoms. The van der Waals surface area contributed by atoms with Crippen LogP contribution < -0.4 is 23.7 Å². The van der Waals surface area contributed by atoms with Crippen LogP contribution in [-0.2, 0) is 9.59 Å². The van der Waals surface area contributed by atoms with E-state index in [4.69, 9.17) is 23.7 Å². The number of allylic oxidation sites excluding steroid dienone is 1. The van der Waals surface area contributed by atoms with Gasteiger partial charge in [0.25, 0.3) is 5.91 Å². The molecule has 0 spiro atoms. The number of likely N-dealkylation sites (tertiary alicyclic amines) is 1. The number of Topliss-reactive ketones (excluding diaryl/α,β-unsaturated/α-hetero) is 1. The number of aliphatic hydroxyl groups is 1. The summed E-state index contributed by atoms with van der Waals surface area (Å²) in [5, 5.41) is 19.0. The zero-order valence-corrected chi connectivity index (χ0v) is 19.8. The van der Waals surface area contributed by atoms with Gasteiger partial charge in [-0.3, -0.25) is 9.59 Å². The molecule has 11 nitrogen and oxygen atoms in total. The Hall–Kier alpha value is -4.25. The number of carbonyl (C=O) groups excluding carboxylic acids is 2. The number of aliphatic hydroxyl groups excluding tert-OH is 1. The van der Waals surface area contributed by atoms with E-state index in [1.807, 2.05) is 0 Å². The van der Waals surface area contributed by atoms with E-state index in [9.17, 15) is 24.6 Å². The maximum atomic E-state index is 12.9. The van der Waals surface area contributed by atoms with Gasteiger partial charge in [0.05, 0.1) is 33.0 Å². The minimum absolute atomic E-state index is 0.0319. The molecule has 0 aromatic heterocycles. The van der Waals surface area contributed by atoms with Crippen molar-refractivity contribution < 1.29 is 48.3 Å². The van der Waals surface area contributed by atoms with E-state index in [1.165, 1.54) is 45.6 Å². The molecule has 2 N–H and O–H groups in total. The van der Waals surface area contributed by atoms with Gasteiger partial charge in [0.2, 0.25) is 11.5 Å². The van der Waals surface area contributed by atoms with Crippen LogP contribution in [0, 0.1) is 0 Å². The number of aliphatic carboxylic acids is 1. The first-order valence-electron chi connectivity index (χ1n) is 11.0. The maximum Gasteiger partial charge on any atom is 0.326 e. The van der Waals surface area contributed by atoms with Crippen LogP contribution in [0.4, 0.5) is 0 Å². The Balaban J connectivity index is 1.50. The second-order valence-electron chi connectivity index (χ2n) is 8.10. The fourth-order valence-electron chi connectivity index (χ4n) is 4.19. The number of carbonyl (C=O) groups is 3. The third-order valence-electron chi connectivity index (χ3n) is 5.91. The lowest BCUT2D eigenvalue weighted by molar-refractivity contribution is -0.148. The number of hydrogen-bond acceptors (Lipinski definition) is 9. The van der Waals surface area contributed by atoms with Crippen molar-refractivity contribution in [3.8, 4) is 28.7 Å². The number of amides is 1. The first-order valence-corrected chi connectivity index (χ1v) is 11.0. The Labute approximate surface area is 206 Å². The molecule has 11 heteroatoms. The minimum Gasteiger partial charge on any atom is -0.493 e. The average molecular weight is 499 g/mol. The number of methoxy groups -OCH3 is 3. The monoisotopic (exact) mass is 499 g/mol.